The number of hydrogen-bond donors (Lipinski definition) is 1. The Bertz CT molecular complexity index is 612. The third-order valence-corrected chi connectivity index (χ3v) is 4.53. The smallest absolute Gasteiger partial charge is 0.0647 e. The van der Waals surface area contributed by atoms with Gasteiger partial charge in [-0.2, -0.15) is 5.26 Å². The summed E-state index contributed by atoms with van der Waals surface area (Å²) in [6.07, 6.45) is 0.402. The number of nitrogens with zero attached hydrogens (tertiary/aromatic N) is 1. The van der Waals surface area contributed by atoms with E-state index in [0.29, 0.717) is 6.42 Å². The first kappa shape index (κ1) is 15.6. The Morgan fingerprint density at radius 2 is 1.65 bits per heavy atom. The molecule has 5 heteroatoms. The molecular weight excluding hydrogens is 448 g/mol. The molecule has 2 nitrogen and oxygen atoms in total. The molecule has 0 fully saturated rings. The molecule has 20 heavy (non-hydrogen) atoms. The van der Waals surface area contributed by atoms with E-state index in [-0.39, 0.29) is 6.04 Å². The normalized spacial score (nSPS) is 11.7. The number of rotatable bonds is 4. The molecule has 0 saturated carbocycles. The van der Waals surface area contributed by atoms with E-state index in [4.69, 9.17) is 5.26 Å². The summed E-state index contributed by atoms with van der Waals surface area (Å²) in [6.45, 7) is 0. The first-order chi connectivity index (χ1) is 9.61. The van der Waals surface area contributed by atoms with Crippen molar-refractivity contribution in [2.75, 3.05) is 5.32 Å². The number of halogens is 3. The lowest BCUT2D eigenvalue weighted by Crippen LogP contribution is -2.11. The molecule has 0 saturated heterocycles. The van der Waals surface area contributed by atoms with Crippen molar-refractivity contribution in [1.29, 1.82) is 5.26 Å². The van der Waals surface area contributed by atoms with E-state index < -0.39 is 0 Å². The lowest BCUT2D eigenvalue weighted by molar-refractivity contribution is 0.804. The Hall–Kier alpha value is -0.830. The maximum atomic E-state index is 9.04. The second-order valence-electron chi connectivity index (χ2n) is 4.21. The highest BCUT2D eigenvalue weighted by atomic mass is 79.9. The van der Waals surface area contributed by atoms with Crippen LogP contribution in [0.15, 0.2) is 55.9 Å². The molecule has 1 unspecified atom stereocenters. The number of nitrogens with one attached hydrogen (secondary N) is 1. The van der Waals surface area contributed by atoms with Gasteiger partial charge in [0.1, 0.15) is 0 Å². The minimum Gasteiger partial charge on any atom is -0.375 e. The van der Waals surface area contributed by atoms with Gasteiger partial charge in [0.15, 0.2) is 0 Å². The van der Waals surface area contributed by atoms with E-state index in [9.17, 15) is 0 Å². The maximum absolute atomic E-state index is 9.04. The lowest BCUT2D eigenvalue weighted by atomic mass is 10.0. The number of hydrogen-bond acceptors (Lipinski definition) is 2. The zero-order valence-electron chi connectivity index (χ0n) is 10.4. The average molecular weight is 459 g/mol. The van der Waals surface area contributed by atoms with Gasteiger partial charge in [0.25, 0.3) is 0 Å². The van der Waals surface area contributed by atoms with Crippen LogP contribution in [0.3, 0.4) is 0 Å². The molecule has 2 aromatic rings. The summed E-state index contributed by atoms with van der Waals surface area (Å²) in [5.74, 6) is 0. The van der Waals surface area contributed by atoms with Crippen LogP contribution in [0.25, 0.3) is 0 Å². The van der Waals surface area contributed by atoms with Gasteiger partial charge in [0, 0.05) is 13.4 Å². The Balaban J connectivity index is 2.33. The number of benzene rings is 2. The van der Waals surface area contributed by atoms with Gasteiger partial charge < -0.3 is 5.32 Å². The van der Waals surface area contributed by atoms with Crippen LogP contribution < -0.4 is 5.32 Å². The summed E-state index contributed by atoms with van der Waals surface area (Å²) in [6, 6.07) is 16.1. The molecule has 0 aromatic heterocycles. The fraction of sp³-hybridized carbons (Fsp3) is 0.133. The van der Waals surface area contributed by atoms with Crippen molar-refractivity contribution in [1.82, 2.24) is 0 Å². The van der Waals surface area contributed by atoms with Gasteiger partial charge in [-0.25, -0.2) is 0 Å². The van der Waals surface area contributed by atoms with E-state index in [1.165, 1.54) is 0 Å². The van der Waals surface area contributed by atoms with Crippen LogP contribution >= 0.6 is 47.8 Å². The fourth-order valence-corrected chi connectivity index (χ4v) is 4.37. The van der Waals surface area contributed by atoms with Crippen LogP contribution in [0, 0.1) is 11.3 Å². The first-order valence-corrected chi connectivity index (χ1v) is 8.32. The Kier molecular flexibility index (Phi) is 5.64. The highest BCUT2D eigenvalue weighted by Crippen LogP contribution is 2.37. The predicted octanol–water partition coefficient (Wildman–Crippen LogP) is 6.04. The molecular formula is C15H11Br3N2. The van der Waals surface area contributed by atoms with Crippen molar-refractivity contribution in [3.05, 3.63) is 61.4 Å². The van der Waals surface area contributed by atoms with Gasteiger partial charge >= 0.3 is 0 Å². The molecule has 0 heterocycles. The monoisotopic (exact) mass is 456 g/mol. The molecule has 2 rings (SSSR count). The maximum Gasteiger partial charge on any atom is 0.0647 e. The van der Waals surface area contributed by atoms with Gasteiger partial charge in [-0.05, 0) is 49.6 Å². The summed E-state index contributed by atoms with van der Waals surface area (Å²) in [7, 11) is 0. The molecule has 0 bridgehead atoms. The minimum atomic E-state index is -0.0463. The zero-order chi connectivity index (χ0) is 14.5. The fourth-order valence-electron chi connectivity index (χ4n) is 1.88. The van der Waals surface area contributed by atoms with Crippen LogP contribution in [0.2, 0.25) is 0 Å². The molecule has 1 atom stereocenters. The SMILES string of the molecule is N#CCC(Nc1c(Br)cc(Br)cc1Br)c1ccccc1. The van der Waals surface area contributed by atoms with Crippen LogP contribution in [0.5, 0.6) is 0 Å². The van der Waals surface area contributed by atoms with Crippen molar-refractivity contribution in [3.8, 4) is 6.07 Å². The second-order valence-corrected chi connectivity index (χ2v) is 6.84. The Morgan fingerprint density at radius 3 is 2.20 bits per heavy atom. The summed E-state index contributed by atoms with van der Waals surface area (Å²) < 4.78 is 2.87. The van der Waals surface area contributed by atoms with Crippen molar-refractivity contribution in [2.24, 2.45) is 0 Å². The summed E-state index contributed by atoms with van der Waals surface area (Å²) in [5, 5.41) is 12.5. The van der Waals surface area contributed by atoms with E-state index in [1.54, 1.807) is 0 Å². The van der Waals surface area contributed by atoms with Crippen LogP contribution in [0.4, 0.5) is 5.69 Å². The number of anilines is 1. The topological polar surface area (TPSA) is 35.8 Å². The molecule has 0 aliphatic heterocycles. The van der Waals surface area contributed by atoms with Crippen molar-refractivity contribution in [3.63, 3.8) is 0 Å². The van der Waals surface area contributed by atoms with Gasteiger partial charge in [-0.15, -0.1) is 0 Å². The number of nitriles is 1. The quantitative estimate of drug-likeness (QED) is 0.606. The molecule has 1 N–H and O–H groups in total. The van der Waals surface area contributed by atoms with Crippen LogP contribution in [-0.4, -0.2) is 0 Å². The van der Waals surface area contributed by atoms with E-state index in [0.717, 1.165) is 24.7 Å². The van der Waals surface area contributed by atoms with Crippen LogP contribution in [0.1, 0.15) is 18.0 Å². The van der Waals surface area contributed by atoms with Gasteiger partial charge in [0.05, 0.1) is 24.2 Å². The first-order valence-electron chi connectivity index (χ1n) is 5.95. The summed E-state index contributed by atoms with van der Waals surface area (Å²) in [5.41, 5.74) is 2.04. The van der Waals surface area contributed by atoms with E-state index >= 15 is 0 Å². The molecule has 102 valence electrons. The molecule has 2 aromatic carbocycles. The average Bonchev–Trinajstić information content (AvgIpc) is 2.42. The predicted molar refractivity (Wildman–Crippen MR) is 92.6 cm³/mol. The third-order valence-electron chi connectivity index (χ3n) is 2.82. The van der Waals surface area contributed by atoms with E-state index in [1.807, 2.05) is 42.5 Å². The molecule has 0 aliphatic rings. The lowest BCUT2D eigenvalue weighted by Gasteiger charge is -2.20. The van der Waals surface area contributed by atoms with Gasteiger partial charge in [0.2, 0.25) is 0 Å². The highest BCUT2D eigenvalue weighted by molar-refractivity contribution is 9.11. The molecule has 0 amide bonds. The summed E-state index contributed by atoms with van der Waals surface area (Å²) in [4.78, 5) is 0. The van der Waals surface area contributed by atoms with Crippen molar-refractivity contribution >= 4 is 53.5 Å². The van der Waals surface area contributed by atoms with Crippen molar-refractivity contribution < 1.29 is 0 Å². The Labute approximate surface area is 143 Å². The molecule has 0 aliphatic carbocycles. The molecule has 0 radical (unpaired) electrons. The standard InChI is InChI=1S/C15H11Br3N2/c16-11-8-12(17)15(13(18)9-11)20-14(6-7-19)10-4-2-1-3-5-10/h1-5,8-9,14,20H,6H2. The second kappa shape index (κ2) is 7.26. The van der Waals surface area contributed by atoms with Gasteiger partial charge in [-0.3, -0.25) is 0 Å². The minimum absolute atomic E-state index is 0.0463. The summed E-state index contributed by atoms with van der Waals surface area (Å²) >= 11 is 10.5. The van der Waals surface area contributed by atoms with E-state index in [2.05, 4.69) is 59.2 Å². The molecule has 0 spiro atoms. The van der Waals surface area contributed by atoms with Gasteiger partial charge in [-0.1, -0.05) is 46.3 Å². The van der Waals surface area contributed by atoms with Crippen LogP contribution in [-0.2, 0) is 0 Å². The third kappa shape index (κ3) is 3.85. The Morgan fingerprint density at radius 1 is 1.05 bits per heavy atom. The largest absolute Gasteiger partial charge is 0.375 e. The zero-order valence-corrected chi connectivity index (χ0v) is 15.2. The highest BCUT2D eigenvalue weighted by Gasteiger charge is 2.14. The van der Waals surface area contributed by atoms with Crippen molar-refractivity contribution in [2.45, 2.75) is 12.5 Å².